The summed E-state index contributed by atoms with van der Waals surface area (Å²) in [7, 11) is 1.58. The number of pyridine rings is 1. The van der Waals surface area contributed by atoms with Crippen molar-refractivity contribution in [2.24, 2.45) is 0 Å². The van der Waals surface area contributed by atoms with E-state index in [-0.39, 0.29) is 5.91 Å². The molecule has 1 aromatic rings. The Balaban J connectivity index is 2.33. The molecule has 0 saturated heterocycles. The first-order chi connectivity index (χ1) is 8.27. The van der Waals surface area contributed by atoms with Crippen molar-refractivity contribution in [3.8, 4) is 5.88 Å². The van der Waals surface area contributed by atoms with E-state index in [1.165, 1.54) is 0 Å². The molecule has 0 saturated carbocycles. The van der Waals surface area contributed by atoms with Gasteiger partial charge in [-0.25, -0.2) is 4.98 Å². The molecular formula is C12H19N3O2. The van der Waals surface area contributed by atoms with Crippen LogP contribution in [0.2, 0.25) is 0 Å². The van der Waals surface area contributed by atoms with Gasteiger partial charge in [-0.2, -0.15) is 0 Å². The maximum Gasteiger partial charge on any atom is 0.233 e. The lowest BCUT2D eigenvalue weighted by Gasteiger charge is -2.08. The fourth-order valence-corrected chi connectivity index (χ4v) is 1.38. The number of nitrogens with zero attached hydrogens (tertiary/aromatic N) is 1. The zero-order valence-electron chi connectivity index (χ0n) is 10.3. The molecule has 0 aliphatic rings. The number of rotatable bonds is 7. The largest absolute Gasteiger partial charge is 0.481 e. The van der Waals surface area contributed by atoms with Crippen LogP contribution in [0.5, 0.6) is 5.88 Å². The third-order valence-corrected chi connectivity index (χ3v) is 2.22. The highest BCUT2D eigenvalue weighted by Crippen LogP contribution is 2.12. The molecule has 1 rings (SSSR count). The molecule has 94 valence electrons. The van der Waals surface area contributed by atoms with Crippen molar-refractivity contribution in [3.63, 3.8) is 0 Å². The first-order valence-corrected chi connectivity index (χ1v) is 5.73. The highest BCUT2D eigenvalue weighted by atomic mass is 16.5. The molecule has 0 fully saturated rings. The Bertz CT molecular complexity index is 355. The van der Waals surface area contributed by atoms with E-state index in [4.69, 9.17) is 4.74 Å². The van der Waals surface area contributed by atoms with Crippen LogP contribution in [0.3, 0.4) is 0 Å². The molecule has 0 radical (unpaired) electrons. The fraction of sp³-hybridized carbons (Fsp3) is 0.500. The fourth-order valence-electron chi connectivity index (χ4n) is 1.38. The average Bonchev–Trinajstić information content (AvgIpc) is 2.37. The zero-order chi connectivity index (χ0) is 12.5. The highest BCUT2D eigenvalue weighted by molar-refractivity contribution is 5.77. The van der Waals surface area contributed by atoms with Gasteiger partial charge in [0.1, 0.15) is 0 Å². The molecule has 0 atom stereocenters. The molecule has 1 aromatic heterocycles. The lowest BCUT2D eigenvalue weighted by molar-refractivity contribution is -0.120. The van der Waals surface area contributed by atoms with Gasteiger partial charge in [0, 0.05) is 24.8 Å². The minimum atomic E-state index is 0.00899. The Hall–Kier alpha value is -1.62. The van der Waals surface area contributed by atoms with E-state index in [0.717, 1.165) is 18.5 Å². The standard InChI is InChI=1S/C12H19N3O2/c1-3-6-14-11(16)9-13-8-10-5-4-7-15-12(10)17-2/h4-5,7,13H,3,6,8-9H2,1-2H3,(H,14,16). The van der Waals surface area contributed by atoms with E-state index in [0.29, 0.717) is 19.0 Å². The van der Waals surface area contributed by atoms with Crippen LogP contribution in [0.4, 0.5) is 0 Å². The lowest BCUT2D eigenvalue weighted by Crippen LogP contribution is -2.34. The number of carbonyl (C=O) groups is 1. The minimum Gasteiger partial charge on any atom is -0.481 e. The van der Waals surface area contributed by atoms with Crippen LogP contribution in [0, 0.1) is 0 Å². The molecule has 17 heavy (non-hydrogen) atoms. The van der Waals surface area contributed by atoms with Crippen molar-refractivity contribution in [2.75, 3.05) is 20.2 Å². The topological polar surface area (TPSA) is 63.2 Å². The van der Waals surface area contributed by atoms with Gasteiger partial charge < -0.3 is 15.4 Å². The van der Waals surface area contributed by atoms with Crippen LogP contribution < -0.4 is 15.4 Å². The van der Waals surface area contributed by atoms with Gasteiger partial charge >= 0.3 is 0 Å². The van der Waals surface area contributed by atoms with Crippen LogP contribution in [0.1, 0.15) is 18.9 Å². The van der Waals surface area contributed by atoms with Crippen molar-refractivity contribution in [2.45, 2.75) is 19.9 Å². The van der Waals surface area contributed by atoms with Gasteiger partial charge in [0.15, 0.2) is 0 Å². The molecule has 0 aromatic carbocycles. The predicted octanol–water partition coefficient (Wildman–Crippen LogP) is 0.706. The smallest absolute Gasteiger partial charge is 0.233 e. The van der Waals surface area contributed by atoms with E-state index in [1.807, 2.05) is 19.1 Å². The molecule has 0 bridgehead atoms. The molecule has 0 aliphatic carbocycles. The number of hydrogen-bond acceptors (Lipinski definition) is 4. The van der Waals surface area contributed by atoms with E-state index in [1.54, 1.807) is 13.3 Å². The number of hydrogen-bond donors (Lipinski definition) is 2. The molecule has 1 heterocycles. The summed E-state index contributed by atoms with van der Waals surface area (Å²) in [5.74, 6) is 0.601. The molecule has 0 spiro atoms. The summed E-state index contributed by atoms with van der Waals surface area (Å²) in [6.07, 6.45) is 2.62. The Morgan fingerprint density at radius 1 is 1.53 bits per heavy atom. The molecular weight excluding hydrogens is 218 g/mol. The third kappa shape index (κ3) is 4.82. The Kier molecular flexibility index (Phi) is 6.03. The van der Waals surface area contributed by atoms with E-state index >= 15 is 0 Å². The average molecular weight is 237 g/mol. The SMILES string of the molecule is CCCNC(=O)CNCc1cccnc1OC. The second-order valence-corrected chi connectivity index (χ2v) is 3.63. The molecule has 2 N–H and O–H groups in total. The first kappa shape index (κ1) is 13.4. The van der Waals surface area contributed by atoms with Crippen molar-refractivity contribution < 1.29 is 9.53 Å². The number of nitrogens with one attached hydrogen (secondary N) is 2. The number of aromatic nitrogens is 1. The summed E-state index contributed by atoms with van der Waals surface area (Å²) >= 11 is 0. The lowest BCUT2D eigenvalue weighted by atomic mass is 10.2. The summed E-state index contributed by atoms with van der Waals surface area (Å²) in [5, 5.41) is 5.85. The third-order valence-electron chi connectivity index (χ3n) is 2.22. The monoisotopic (exact) mass is 237 g/mol. The van der Waals surface area contributed by atoms with Gasteiger partial charge in [0.25, 0.3) is 0 Å². The molecule has 0 aliphatic heterocycles. The van der Waals surface area contributed by atoms with Gasteiger partial charge in [0.05, 0.1) is 13.7 Å². The zero-order valence-corrected chi connectivity index (χ0v) is 10.3. The van der Waals surface area contributed by atoms with Crippen LogP contribution >= 0.6 is 0 Å². The van der Waals surface area contributed by atoms with Gasteiger partial charge in [0.2, 0.25) is 11.8 Å². The number of methoxy groups -OCH3 is 1. The van der Waals surface area contributed by atoms with Crippen molar-refractivity contribution in [1.82, 2.24) is 15.6 Å². The number of amides is 1. The summed E-state index contributed by atoms with van der Waals surface area (Å²) in [5.41, 5.74) is 0.943. The van der Waals surface area contributed by atoms with Crippen molar-refractivity contribution in [1.29, 1.82) is 0 Å². The molecule has 5 nitrogen and oxygen atoms in total. The van der Waals surface area contributed by atoms with Crippen molar-refractivity contribution in [3.05, 3.63) is 23.9 Å². The van der Waals surface area contributed by atoms with E-state index in [9.17, 15) is 4.79 Å². The van der Waals surface area contributed by atoms with Gasteiger partial charge in [-0.15, -0.1) is 0 Å². The van der Waals surface area contributed by atoms with Gasteiger partial charge in [-0.3, -0.25) is 4.79 Å². The molecule has 0 unspecified atom stereocenters. The normalized spacial score (nSPS) is 10.0. The second kappa shape index (κ2) is 7.62. The Morgan fingerprint density at radius 3 is 3.06 bits per heavy atom. The number of ether oxygens (including phenoxy) is 1. The van der Waals surface area contributed by atoms with E-state index in [2.05, 4.69) is 15.6 Å². The predicted molar refractivity (Wildman–Crippen MR) is 65.8 cm³/mol. The summed E-state index contributed by atoms with van der Waals surface area (Å²) in [6, 6.07) is 3.76. The Morgan fingerprint density at radius 2 is 2.35 bits per heavy atom. The van der Waals surface area contributed by atoms with Crippen LogP contribution in [0.15, 0.2) is 18.3 Å². The summed E-state index contributed by atoms with van der Waals surface area (Å²) < 4.78 is 5.12. The molecule has 1 amide bonds. The van der Waals surface area contributed by atoms with Gasteiger partial charge in [-0.1, -0.05) is 13.0 Å². The maximum absolute atomic E-state index is 11.3. The second-order valence-electron chi connectivity index (χ2n) is 3.63. The van der Waals surface area contributed by atoms with Crippen molar-refractivity contribution >= 4 is 5.91 Å². The highest BCUT2D eigenvalue weighted by Gasteiger charge is 2.04. The number of carbonyl (C=O) groups excluding carboxylic acids is 1. The van der Waals surface area contributed by atoms with Crippen LogP contribution in [-0.4, -0.2) is 31.1 Å². The first-order valence-electron chi connectivity index (χ1n) is 5.73. The molecule has 5 heteroatoms. The van der Waals surface area contributed by atoms with E-state index < -0.39 is 0 Å². The summed E-state index contributed by atoms with van der Waals surface area (Å²) in [4.78, 5) is 15.4. The quantitative estimate of drug-likeness (QED) is 0.733. The minimum absolute atomic E-state index is 0.00899. The summed E-state index contributed by atoms with van der Waals surface area (Å²) in [6.45, 7) is 3.61. The van der Waals surface area contributed by atoms with Crippen LogP contribution in [-0.2, 0) is 11.3 Å². The maximum atomic E-state index is 11.3. The van der Waals surface area contributed by atoms with Crippen LogP contribution in [0.25, 0.3) is 0 Å². The Labute approximate surface area is 102 Å². The van der Waals surface area contributed by atoms with Gasteiger partial charge in [-0.05, 0) is 12.5 Å².